The molecule has 0 amide bonds. The minimum Gasteiger partial charge on any atom is -0.316 e. The van der Waals surface area contributed by atoms with Crippen LogP contribution in [-0.4, -0.2) is 57.0 Å². The molecule has 0 aromatic heterocycles. The first-order valence-electron chi connectivity index (χ1n) is 6.62. The lowest BCUT2D eigenvalue weighted by atomic mass is 10.0. The normalized spacial score (nSPS) is 36.2. The first kappa shape index (κ1) is 13.3. The van der Waals surface area contributed by atoms with E-state index in [9.17, 15) is 8.42 Å². The smallest absolute Gasteiger partial charge is 0.151 e. The molecular weight excluding hydrogens is 236 g/mol. The van der Waals surface area contributed by atoms with Crippen LogP contribution in [0.3, 0.4) is 0 Å². The topological polar surface area (TPSA) is 49.4 Å². The summed E-state index contributed by atoms with van der Waals surface area (Å²) >= 11 is 0. The molecule has 0 spiro atoms. The maximum absolute atomic E-state index is 11.8. The average molecular weight is 260 g/mol. The number of likely N-dealkylation sites (N-methyl/N-ethyl adjacent to an activating group) is 1. The highest BCUT2D eigenvalue weighted by molar-refractivity contribution is 7.91. The number of hydrogen-bond donors (Lipinski definition) is 1. The molecule has 1 aliphatic heterocycles. The molecule has 1 N–H and O–H groups in total. The zero-order valence-electron chi connectivity index (χ0n) is 10.9. The molecule has 0 radical (unpaired) electrons. The van der Waals surface area contributed by atoms with Gasteiger partial charge in [0.25, 0.3) is 0 Å². The predicted octanol–water partition coefficient (Wildman–Crippen LogP) is 0.636. The van der Waals surface area contributed by atoms with Crippen molar-refractivity contribution in [1.29, 1.82) is 0 Å². The van der Waals surface area contributed by atoms with E-state index in [1.807, 2.05) is 7.05 Å². The Kier molecular flexibility index (Phi) is 4.10. The Morgan fingerprint density at radius 2 is 1.94 bits per heavy atom. The minimum absolute atomic E-state index is 0.127. The van der Waals surface area contributed by atoms with Crippen molar-refractivity contribution in [2.24, 2.45) is 0 Å². The van der Waals surface area contributed by atoms with Crippen LogP contribution in [0.15, 0.2) is 0 Å². The van der Waals surface area contributed by atoms with Crippen molar-refractivity contribution in [2.45, 2.75) is 49.4 Å². The summed E-state index contributed by atoms with van der Waals surface area (Å²) < 4.78 is 23.6. The van der Waals surface area contributed by atoms with Crippen molar-refractivity contribution in [2.75, 3.05) is 26.4 Å². The highest BCUT2D eigenvalue weighted by Crippen LogP contribution is 2.30. The summed E-state index contributed by atoms with van der Waals surface area (Å²) in [5.74, 6) is 0. The molecule has 0 bridgehead atoms. The molecule has 2 aliphatic rings. The second-order valence-electron chi connectivity index (χ2n) is 5.49. The highest BCUT2D eigenvalue weighted by atomic mass is 32.2. The molecule has 4 nitrogen and oxygen atoms in total. The summed E-state index contributed by atoms with van der Waals surface area (Å²) in [5, 5.41) is 3.19. The van der Waals surface area contributed by atoms with Crippen LogP contribution < -0.4 is 5.32 Å². The maximum Gasteiger partial charge on any atom is 0.151 e. The van der Waals surface area contributed by atoms with Crippen LogP contribution in [0.1, 0.15) is 32.1 Å². The third kappa shape index (κ3) is 3.01. The van der Waals surface area contributed by atoms with Gasteiger partial charge in [-0.15, -0.1) is 0 Å². The lowest BCUT2D eigenvalue weighted by Crippen LogP contribution is -2.52. The molecule has 1 saturated heterocycles. The molecule has 0 aromatic rings. The Morgan fingerprint density at radius 1 is 1.18 bits per heavy atom. The lowest BCUT2D eigenvalue weighted by molar-refractivity contribution is 0.143. The lowest BCUT2D eigenvalue weighted by Gasteiger charge is -2.38. The first-order valence-corrected chi connectivity index (χ1v) is 8.58. The molecule has 1 aliphatic carbocycles. The van der Waals surface area contributed by atoms with E-state index in [-0.39, 0.29) is 11.3 Å². The van der Waals surface area contributed by atoms with Crippen molar-refractivity contribution in [3.05, 3.63) is 0 Å². The Balaban J connectivity index is 2.05. The van der Waals surface area contributed by atoms with Crippen molar-refractivity contribution < 1.29 is 8.42 Å². The molecule has 1 saturated carbocycles. The quantitative estimate of drug-likeness (QED) is 0.809. The number of nitrogens with one attached hydrogen (secondary N) is 1. The number of rotatable bonds is 3. The largest absolute Gasteiger partial charge is 0.316 e. The zero-order valence-corrected chi connectivity index (χ0v) is 11.7. The van der Waals surface area contributed by atoms with Gasteiger partial charge in [-0.25, -0.2) is 8.42 Å². The van der Waals surface area contributed by atoms with Gasteiger partial charge in [0, 0.05) is 24.9 Å². The fourth-order valence-corrected chi connectivity index (χ4v) is 4.84. The number of piperidine rings is 1. The second-order valence-corrected chi connectivity index (χ2v) is 7.75. The standard InChI is InChI=1S/C12H24N2O2S/c1-13-10-5-4-8-14(9-10)11-6-3-7-12(11)17(2,15)16/h10-13H,3-9H2,1-2H3. The Labute approximate surface area is 105 Å². The summed E-state index contributed by atoms with van der Waals surface area (Å²) in [7, 11) is -0.890. The van der Waals surface area contributed by atoms with Crippen LogP contribution >= 0.6 is 0 Å². The van der Waals surface area contributed by atoms with Crippen LogP contribution in [-0.2, 0) is 9.84 Å². The van der Waals surface area contributed by atoms with Gasteiger partial charge in [-0.05, 0) is 39.3 Å². The van der Waals surface area contributed by atoms with Gasteiger partial charge in [-0.2, -0.15) is 0 Å². The van der Waals surface area contributed by atoms with Crippen LogP contribution in [0.4, 0.5) is 0 Å². The van der Waals surface area contributed by atoms with Gasteiger partial charge in [0.05, 0.1) is 5.25 Å². The predicted molar refractivity (Wildman–Crippen MR) is 69.9 cm³/mol. The number of hydrogen-bond acceptors (Lipinski definition) is 4. The van der Waals surface area contributed by atoms with Gasteiger partial charge in [0.1, 0.15) is 0 Å². The summed E-state index contributed by atoms with van der Waals surface area (Å²) in [6, 6.07) is 0.797. The molecule has 17 heavy (non-hydrogen) atoms. The van der Waals surface area contributed by atoms with Gasteiger partial charge in [-0.3, -0.25) is 4.90 Å². The molecule has 2 fully saturated rings. The van der Waals surface area contributed by atoms with Gasteiger partial charge in [0.2, 0.25) is 0 Å². The van der Waals surface area contributed by atoms with E-state index in [0.29, 0.717) is 6.04 Å². The van der Waals surface area contributed by atoms with Crippen molar-refractivity contribution in [3.63, 3.8) is 0 Å². The third-order valence-electron chi connectivity index (χ3n) is 4.30. The van der Waals surface area contributed by atoms with Crippen LogP contribution in [0.2, 0.25) is 0 Å². The Bertz CT molecular complexity index is 356. The van der Waals surface area contributed by atoms with Gasteiger partial charge in [-0.1, -0.05) is 6.42 Å². The van der Waals surface area contributed by atoms with Crippen molar-refractivity contribution >= 4 is 9.84 Å². The summed E-state index contributed by atoms with van der Waals surface area (Å²) in [4.78, 5) is 2.41. The zero-order chi connectivity index (χ0) is 12.5. The van der Waals surface area contributed by atoms with Crippen molar-refractivity contribution in [3.8, 4) is 0 Å². The fourth-order valence-electron chi connectivity index (χ4n) is 3.37. The number of sulfone groups is 1. The van der Waals surface area contributed by atoms with E-state index in [4.69, 9.17) is 0 Å². The van der Waals surface area contributed by atoms with E-state index in [0.717, 1.165) is 32.4 Å². The molecular formula is C12H24N2O2S. The fraction of sp³-hybridized carbons (Fsp3) is 1.00. The summed E-state index contributed by atoms with van der Waals surface area (Å²) in [5.41, 5.74) is 0. The minimum atomic E-state index is -2.89. The van der Waals surface area contributed by atoms with E-state index in [2.05, 4.69) is 10.2 Å². The summed E-state index contributed by atoms with van der Waals surface area (Å²) in [6.07, 6.45) is 6.75. The summed E-state index contributed by atoms with van der Waals surface area (Å²) in [6.45, 7) is 2.07. The van der Waals surface area contributed by atoms with E-state index in [1.54, 1.807) is 0 Å². The highest BCUT2D eigenvalue weighted by Gasteiger charge is 2.39. The average Bonchev–Trinajstić information content (AvgIpc) is 2.77. The number of nitrogens with zero attached hydrogens (tertiary/aromatic N) is 1. The Hall–Kier alpha value is -0.130. The SMILES string of the molecule is CNC1CCCN(C2CCCC2S(C)(=O)=O)C1. The molecule has 100 valence electrons. The van der Waals surface area contributed by atoms with Gasteiger partial charge >= 0.3 is 0 Å². The van der Waals surface area contributed by atoms with Crippen LogP contribution in [0, 0.1) is 0 Å². The van der Waals surface area contributed by atoms with E-state index >= 15 is 0 Å². The van der Waals surface area contributed by atoms with E-state index in [1.165, 1.54) is 19.1 Å². The van der Waals surface area contributed by atoms with E-state index < -0.39 is 9.84 Å². The Morgan fingerprint density at radius 3 is 2.59 bits per heavy atom. The van der Waals surface area contributed by atoms with Gasteiger partial charge in [0.15, 0.2) is 9.84 Å². The molecule has 2 rings (SSSR count). The van der Waals surface area contributed by atoms with Crippen molar-refractivity contribution in [1.82, 2.24) is 10.2 Å². The second kappa shape index (κ2) is 5.24. The van der Waals surface area contributed by atoms with Gasteiger partial charge < -0.3 is 5.32 Å². The first-order chi connectivity index (χ1) is 8.02. The molecule has 3 atom stereocenters. The monoisotopic (exact) mass is 260 g/mol. The molecule has 3 unspecified atom stereocenters. The van der Waals surface area contributed by atoms with Crippen LogP contribution in [0.25, 0.3) is 0 Å². The molecule has 5 heteroatoms. The third-order valence-corrected chi connectivity index (χ3v) is 5.95. The molecule has 0 aromatic carbocycles. The maximum atomic E-state index is 11.8. The molecule has 1 heterocycles. The number of likely N-dealkylation sites (tertiary alicyclic amines) is 1. The van der Waals surface area contributed by atoms with Crippen LogP contribution in [0.5, 0.6) is 0 Å².